The molecule has 10 heteroatoms. The molecule has 1 aliphatic rings. The lowest BCUT2D eigenvalue weighted by atomic mass is 9.65. The molecule has 0 bridgehead atoms. The molecule has 1 saturated heterocycles. The molecule has 1 fully saturated rings. The number of hydrogen-bond acceptors (Lipinski definition) is 5. The number of benzene rings is 3. The Morgan fingerprint density at radius 1 is 0.902 bits per heavy atom. The summed E-state index contributed by atoms with van der Waals surface area (Å²) in [5.74, 6) is -0.923. The van der Waals surface area contributed by atoms with Gasteiger partial charge in [0.1, 0.15) is 0 Å². The van der Waals surface area contributed by atoms with Crippen molar-refractivity contribution in [3.63, 3.8) is 0 Å². The van der Waals surface area contributed by atoms with Crippen LogP contribution in [0.25, 0.3) is 0 Å². The lowest BCUT2D eigenvalue weighted by molar-refractivity contribution is -0.139. The number of halogens is 3. The normalized spacial score (nSPS) is 15.5. The molecule has 4 rings (SSSR count). The number of nitrogens with zero attached hydrogens (tertiary/aromatic N) is 1. The molecular weight excluding hydrogens is 537 g/mol. The summed E-state index contributed by atoms with van der Waals surface area (Å²) in [6.45, 7) is 0.814. The SMILES string of the molecule is COc1ccc(N(CCc2ccc(C(F)(F)F)cc2)C(=O)C(C(N)=O)(c2ccccc2)C2CCOCC2)cc1OC. The number of methoxy groups -OCH3 is 2. The second-order valence-corrected chi connectivity index (χ2v) is 9.87. The van der Waals surface area contributed by atoms with Gasteiger partial charge in [-0.05, 0) is 60.6 Å². The van der Waals surface area contributed by atoms with Crippen LogP contribution in [0.4, 0.5) is 18.9 Å². The number of ether oxygens (including phenoxy) is 3. The maximum atomic E-state index is 14.8. The van der Waals surface area contributed by atoms with E-state index >= 15 is 0 Å². The van der Waals surface area contributed by atoms with E-state index in [1.807, 2.05) is 0 Å². The summed E-state index contributed by atoms with van der Waals surface area (Å²) in [6.07, 6.45) is -3.35. The van der Waals surface area contributed by atoms with Crippen LogP contribution in [0.2, 0.25) is 0 Å². The molecule has 3 aromatic rings. The maximum absolute atomic E-state index is 14.8. The highest BCUT2D eigenvalue weighted by Crippen LogP contribution is 2.42. The van der Waals surface area contributed by atoms with E-state index in [-0.39, 0.29) is 13.0 Å². The summed E-state index contributed by atoms with van der Waals surface area (Å²) in [4.78, 5) is 29.8. The lowest BCUT2D eigenvalue weighted by Crippen LogP contribution is -2.60. The molecule has 3 aromatic carbocycles. The Balaban J connectivity index is 1.82. The second-order valence-electron chi connectivity index (χ2n) is 9.87. The first-order chi connectivity index (χ1) is 19.6. The van der Waals surface area contributed by atoms with Crippen LogP contribution in [0.1, 0.15) is 29.5 Å². The summed E-state index contributed by atoms with van der Waals surface area (Å²) in [7, 11) is 2.96. The highest BCUT2D eigenvalue weighted by atomic mass is 19.4. The van der Waals surface area contributed by atoms with Gasteiger partial charge in [-0.1, -0.05) is 42.5 Å². The third-order valence-electron chi connectivity index (χ3n) is 7.62. The van der Waals surface area contributed by atoms with E-state index in [9.17, 15) is 22.8 Å². The zero-order valence-corrected chi connectivity index (χ0v) is 22.9. The van der Waals surface area contributed by atoms with Crippen molar-refractivity contribution in [1.82, 2.24) is 0 Å². The number of anilines is 1. The van der Waals surface area contributed by atoms with Crippen molar-refractivity contribution >= 4 is 17.5 Å². The molecule has 1 heterocycles. The van der Waals surface area contributed by atoms with Gasteiger partial charge in [-0.15, -0.1) is 0 Å². The predicted octanol–water partition coefficient (Wildman–Crippen LogP) is 5.15. The van der Waals surface area contributed by atoms with Crippen LogP contribution in [-0.2, 0) is 32.3 Å². The summed E-state index contributed by atoms with van der Waals surface area (Å²) in [5, 5.41) is 0. The third kappa shape index (κ3) is 6.17. The number of hydrogen-bond donors (Lipinski definition) is 1. The van der Waals surface area contributed by atoms with Crippen LogP contribution < -0.4 is 20.1 Å². The fourth-order valence-electron chi connectivity index (χ4n) is 5.47. The Bertz CT molecular complexity index is 1340. The topological polar surface area (TPSA) is 91.1 Å². The number of carbonyl (C=O) groups is 2. The van der Waals surface area contributed by atoms with Crippen molar-refractivity contribution in [2.45, 2.75) is 30.9 Å². The molecule has 41 heavy (non-hydrogen) atoms. The van der Waals surface area contributed by atoms with Gasteiger partial charge in [-0.2, -0.15) is 13.2 Å². The minimum atomic E-state index is -4.46. The second kappa shape index (κ2) is 12.6. The lowest BCUT2D eigenvalue weighted by Gasteiger charge is -2.42. The molecule has 218 valence electrons. The molecule has 2 N–H and O–H groups in total. The number of amides is 2. The molecule has 1 unspecified atom stereocenters. The largest absolute Gasteiger partial charge is 0.493 e. The van der Waals surface area contributed by atoms with Gasteiger partial charge in [0.25, 0.3) is 0 Å². The van der Waals surface area contributed by atoms with Crippen molar-refractivity contribution in [2.24, 2.45) is 11.7 Å². The van der Waals surface area contributed by atoms with Gasteiger partial charge in [0, 0.05) is 31.5 Å². The average Bonchev–Trinajstić information content (AvgIpc) is 2.98. The van der Waals surface area contributed by atoms with E-state index in [4.69, 9.17) is 19.9 Å². The monoisotopic (exact) mass is 570 g/mol. The first kappa shape index (κ1) is 29.9. The first-order valence-corrected chi connectivity index (χ1v) is 13.3. The standard InChI is InChI=1S/C31H33F3N2O5/c1-39-26-13-12-25(20-27(26)40-2)36(17-14-21-8-10-24(11-9-21)31(32,33)34)29(38)30(28(35)37,22-6-4-3-5-7-22)23-15-18-41-19-16-23/h3-13,20,23H,14-19H2,1-2H3,(H2,35,37). The first-order valence-electron chi connectivity index (χ1n) is 13.3. The number of rotatable bonds is 10. The number of carbonyl (C=O) groups excluding carboxylic acids is 2. The van der Waals surface area contributed by atoms with Gasteiger partial charge in [-0.3, -0.25) is 9.59 Å². The predicted molar refractivity (Wildman–Crippen MR) is 148 cm³/mol. The summed E-state index contributed by atoms with van der Waals surface area (Å²) in [6, 6.07) is 18.5. The highest BCUT2D eigenvalue weighted by Gasteiger charge is 2.54. The van der Waals surface area contributed by atoms with Crippen LogP contribution >= 0.6 is 0 Å². The fraction of sp³-hybridized carbons (Fsp3) is 0.355. The van der Waals surface area contributed by atoms with Crippen LogP contribution in [0, 0.1) is 5.92 Å². The van der Waals surface area contributed by atoms with E-state index in [0.717, 1.165) is 12.1 Å². The Morgan fingerprint density at radius 3 is 2.10 bits per heavy atom. The smallest absolute Gasteiger partial charge is 0.416 e. The Labute approximate surface area is 237 Å². The zero-order chi connectivity index (χ0) is 29.6. The van der Waals surface area contributed by atoms with E-state index in [1.165, 1.54) is 31.3 Å². The fourth-order valence-corrected chi connectivity index (χ4v) is 5.47. The number of primary amides is 1. The van der Waals surface area contributed by atoms with Crippen LogP contribution in [0.5, 0.6) is 11.5 Å². The van der Waals surface area contributed by atoms with Crippen molar-refractivity contribution in [3.8, 4) is 11.5 Å². The van der Waals surface area contributed by atoms with Gasteiger partial charge >= 0.3 is 6.18 Å². The summed E-state index contributed by atoms with van der Waals surface area (Å²) >= 11 is 0. The van der Waals surface area contributed by atoms with E-state index in [0.29, 0.717) is 54.4 Å². The van der Waals surface area contributed by atoms with E-state index in [2.05, 4.69) is 0 Å². The van der Waals surface area contributed by atoms with Crippen molar-refractivity contribution in [2.75, 3.05) is 38.9 Å². The molecule has 0 aromatic heterocycles. The van der Waals surface area contributed by atoms with Gasteiger partial charge in [-0.25, -0.2) is 0 Å². The Hall–Kier alpha value is -4.05. The molecular formula is C31H33F3N2O5. The van der Waals surface area contributed by atoms with Gasteiger partial charge in [0.2, 0.25) is 11.8 Å². The van der Waals surface area contributed by atoms with Crippen molar-refractivity contribution < 1.29 is 37.0 Å². The molecule has 0 radical (unpaired) electrons. The van der Waals surface area contributed by atoms with E-state index < -0.39 is 34.9 Å². The summed E-state index contributed by atoms with van der Waals surface area (Å²) < 4.78 is 55.7. The molecule has 1 atom stereocenters. The molecule has 0 saturated carbocycles. The van der Waals surface area contributed by atoms with Crippen molar-refractivity contribution in [1.29, 1.82) is 0 Å². The van der Waals surface area contributed by atoms with Crippen LogP contribution in [-0.4, -0.2) is 45.8 Å². The van der Waals surface area contributed by atoms with Gasteiger partial charge in [0.05, 0.1) is 19.8 Å². The highest BCUT2D eigenvalue weighted by molar-refractivity contribution is 6.16. The zero-order valence-electron chi connectivity index (χ0n) is 22.9. The van der Waals surface area contributed by atoms with Crippen LogP contribution in [0.3, 0.4) is 0 Å². The maximum Gasteiger partial charge on any atom is 0.416 e. The molecule has 0 aliphatic carbocycles. The number of alkyl halides is 3. The third-order valence-corrected chi connectivity index (χ3v) is 7.62. The average molecular weight is 571 g/mol. The van der Waals surface area contributed by atoms with Gasteiger partial charge in [0.15, 0.2) is 16.9 Å². The van der Waals surface area contributed by atoms with E-state index in [1.54, 1.807) is 48.5 Å². The minimum absolute atomic E-state index is 0.0603. The number of nitrogens with two attached hydrogens (primary N) is 1. The molecule has 0 spiro atoms. The van der Waals surface area contributed by atoms with Gasteiger partial charge < -0.3 is 24.8 Å². The molecule has 2 amide bonds. The van der Waals surface area contributed by atoms with Crippen LogP contribution in [0.15, 0.2) is 72.8 Å². The molecule has 7 nitrogen and oxygen atoms in total. The Morgan fingerprint density at radius 2 is 1.54 bits per heavy atom. The quantitative estimate of drug-likeness (QED) is 0.341. The summed E-state index contributed by atoms with van der Waals surface area (Å²) in [5.41, 5.74) is 5.16. The van der Waals surface area contributed by atoms with Crippen molar-refractivity contribution in [3.05, 3.63) is 89.5 Å². The minimum Gasteiger partial charge on any atom is -0.493 e. The molecule has 1 aliphatic heterocycles. The Kier molecular flexibility index (Phi) is 9.22.